The quantitative estimate of drug-likeness (QED) is 0.933. The van der Waals surface area contributed by atoms with Gasteiger partial charge in [0.2, 0.25) is 0 Å². The fourth-order valence-electron chi connectivity index (χ4n) is 1.66. The van der Waals surface area contributed by atoms with E-state index in [9.17, 15) is 0 Å². The molecule has 2 rings (SSSR count). The highest BCUT2D eigenvalue weighted by Crippen LogP contribution is 2.25. The summed E-state index contributed by atoms with van der Waals surface area (Å²) in [6.45, 7) is 2.08. The van der Waals surface area contributed by atoms with Crippen molar-refractivity contribution in [3.8, 4) is 0 Å². The molecule has 2 N–H and O–H groups in total. The average molecular weight is 280 g/mol. The molecule has 0 amide bonds. The highest BCUT2D eigenvalue weighted by atomic mass is 79.9. The van der Waals surface area contributed by atoms with Gasteiger partial charge in [-0.2, -0.15) is 0 Å². The Kier molecular flexibility index (Phi) is 3.46. The molecule has 1 unspecified atom stereocenters. The first-order valence-corrected chi connectivity index (χ1v) is 6.00. The molecule has 0 fully saturated rings. The monoisotopic (exact) mass is 279 g/mol. The van der Waals surface area contributed by atoms with Gasteiger partial charge in [-0.25, -0.2) is 0 Å². The van der Waals surface area contributed by atoms with Crippen LogP contribution < -0.4 is 5.73 Å². The van der Waals surface area contributed by atoms with E-state index in [-0.39, 0.29) is 6.04 Å². The second kappa shape index (κ2) is 4.85. The van der Waals surface area contributed by atoms with Gasteiger partial charge in [0.25, 0.3) is 0 Å². The summed E-state index contributed by atoms with van der Waals surface area (Å²) in [7, 11) is 0. The first-order valence-electron chi connectivity index (χ1n) is 5.21. The van der Waals surface area contributed by atoms with Crippen molar-refractivity contribution in [2.75, 3.05) is 0 Å². The van der Waals surface area contributed by atoms with E-state index in [0.29, 0.717) is 0 Å². The highest BCUT2D eigenvalue weighted by Gasteiger charge is 2.12. The summed E-state index contributed by atoms with van der Waals surface area (Å²) in [6, 6.07) is 10.3. The molecular formula is C13H14BrNO. The molecule has 0 aliphatic rings. The zero-order valence-electron chi connectivity index (χ0n) is 9.11. The Morgan fingerprint density at radius 3 is 2.50 bits per heavy atom. The van der Waals surface area contributed by atoms with Crippen molar-refractivity contribution in [2.24, 2.45) is 5.73 Å². The van der Waals surface area contributed by atoms with Crippen LogP contribution >= 0.6 is 15.9 Å². The topological polar surface area (TPSA) is 39.2 Å². The highest BCUT2D eigenvalue weighted by molar-refractivity contribution is 9.10. The molecule has 2 aromatic rings. The molecule has 0 radical (unpaired) electrons. The average Bonchev–Trinajstić information content (AvgIpc) is 2.68. The molecule has 0 saturated carbocycles. The maximum Gasteiger partial charge on any atom is 0.173 e. The van der Waals surface area contributed by atoms with Crippen molar-refractivity contribution in [1.29, 1.82) is 0 Å². The van der Waals surface area contributed by atoms with Crippen LogP contribution in [0, 0.1) is 6.92 Å². The van der Waals surface area contributed by atoms with Crippen LogP contribution in [0.25, 0.3) is 0 Å². The lowest BCUT2D eigenvalue weighted by atomic mass is 10.0. The lowest BCUT2D eigenvalue weighted by Crippen LogP contribution is -2.12. The third-order valence-electron chi connectivity index (χ3n) is 2.62. The summed E-state index contributed by atoms with van der Waals surface area (Å²) in [6.07, 6.45) is 2.47. The minimum Gasteiger partial charge on any atom is -0.457 e. The molecule has 3 heteroatoms. The van der Waals surface area contributed by atoms with Gasteiger partial charge in [0, 0.05) is 11.6 Å². The first kappa shape index (κ1) is 11.4. The van der Waals surface area contributed by atoms with Crippen molar-refractivity contribution in [3.05, 3.63) is 58.0 Å². The number of rotatable bonds is 3. The second-order valence-electron chi connectivity index (χ2n) is 3.95. The number of furan rings is 1. The number of hydrogen-bond acceptors (Lipinski definition) is 2. The van der Waals surface area contributed by atoms with Crippen molar-refractivity contribution in [1.82, 2.24) is 0 Å². The Hall–Kier alpha value is -1.06. The van der Waals surface area contributed by atoms with E-state index in [1.54, 1.807) is 6.26 Å². The number of halogens is 1. The number of aryl methyl sites for hydroxylation is 1. The molecule has 1 aromatic heterocycles. The number of nitrogens with two attached hydrogens (primary N) is 1. The third kappa shape index (κ3) is 2.54. The van der Waals surface area contributed by atoms with E-state index >= 15 is 0 Å². The van der Waals surface area contributed by atoms with Gasteiger partial charge in [0.05, 0.1) is 6.26 Å². The molecule has 1 heterocycles. The van der Waals surface area contributed by atoms with Crippen molar-refractivity contribution in [2.45, 2.75) is 19.4 Å². The molecule has 0 aliphatic heterocycles. The maximum atomic E-state index is 6.12. The van der Waals surface area contributed by atoms with Gasteiger partial charge in [-0.05, 0) is 40.9 Å². The molecule has 1 aromatic carbocycles. The van der Waals surface area contributed by atoms with E-state index in [1.165, 1.54) is 11.1 Å². The molecule has 0 bridgehead atoms. The summed E-state index contributed by atoms with van der Waals surface area (Å²) in [5.74, 6) is 0. The summed E-state index contributed by atoms with van der Waals surface area (Å²) < 4.78 is 5.91. The molecule has 2 nitrogen and oxygen atoms in total. The van der Waals surface area contributed by atoms with Crippen molar-refractivity contribution >= 4 is 15.9 Å². The van der Waals surface area contributed by atoms with E-state index in [1.807, 2.05) is 6.07 Å². The van der Waals surface area contributed by atoms with Crippen LogP contribution in [0.5, 0.6) is 0 Å². The van der Waals surface area contributed by atoms with Gasteiger partial charge in [-0.1, -0.05) is 29.8 Å². The standard InChI is InChI=1S/C13H14BrNO/c1-9-2-4-10(5-3-9)8-12(15)11-6-7-16-13(11)14/h2-7,12H,8,15H2,1H3. The van der Waals surface area contributed by atoms with E-state index in [0.717, 1.165) is 16.7 Å². The Bertz CT molecular complexity index is 461. The van der Waals surface area contributed by atoms with Crippen LogP contribution in [0.3, 0.4) is 0 Å². The normalized spacial score (nSPS) is 12.7. The van der Waals surface area contributed by atoms with Gasteiger partial charge in [-0.15, -0.1) is 0 Å². The fraction of sp³-hybridized carbons (Fsp3) is 0.231. The summed E-state index contributed by atoms with van der Waals surface area (Å²) in [5, 5.41) is 0. The summed E-state index contributed by atoms with van der Waals surface area (Å²) in [5.41, 5.74) is 9.64. The van der Waals surface area contributed by atoms with Crippen LogP contribution in [0.15, 0.2) is 45.7 Å². The zero-order valence-corrected chi connectivity index (χ0v) is 10.7. The molecule has 0 saturated heterocycles. The zero-order chi connectivity index (χ0) is 11.5. The predicted molar refractivity (Wildman–Crippen MR) is 68.2 cm³/mol. The Morgan fingerprint density at radius 1 is 1.25 bits per heavy atom. The lowest BCUT2D eigenvalue weighted by molar-refractivity contribution is 0.531. The van der Waals surface area contributed by atoms with Crippen molar-refractivity contribution < 1.29 is 4.42 Å². The lowest BCUT2D eigenvalue weighted by Gasteiger charge is -2.10. The van der Waals surface area contributed by atoms with E-state index in [4.69, 9.17) is 10.2 Å². The Balaban J connectivity index is 2.10. The van der Waals surface area contributed by atoms with Crippen LogP contribution in [-0.4, -0.2) is 0 Å². The first-order chi connectivity index (χ1) is 7.66. The number of benzene rings is 1. The van der Waals surface area contributed by atoms with E-state index in [2.05, 4.69) is 47.1 Å². The smallest absolute Gasteiger partial charge is 0.173 e. The van der Waals surface area contributed by atoms with Crippen molar-refractivity contribution in [3.63, 3.8) is 0 Å². The summed E-state index contributed by atoms with van der Waals surface area (Å²) >= 11 is 3.35. The molecule has 0 spiro atoms. The third-order valence-corrected chi connectivity index (χ3v) is 3.27. The molecule has 16 heavy (non-hydrogen) atoms. The molecule has 1 atom stereocenters. The second-order valence-corrected chi connectivity index (χ2v) is 4.67. The minimum absolute atomic E-state index is 0.0316. The Labute approximate surface area is 104 Å². The SMILES string of the molecule is Cc1ccc(CC(N)c2ccoc2Br)cc1. The minimum atomic E-state index is -0.0316. The Morgan fingerprint density at radius 2 is 1.94 bits per heavy atom. The maximum absolute atomic E-state index is 6.12. The van der Waals surface area contributed by atoms with Gasteiger partial charge in [0.1, 0.15) is 0 Å². The fourth-order valence-corrected chi connectivity index (χ4v) is 2.19. The van der Waals surface area contributed by atoms with Crippen LogP contribution in [-0.2, 0) is 6.42 Å². The number of hydrogen-bond donors (Lipinski definition) is 1. The van der Waals surface area contributed by atoms with Crippen LogP contribution in [0.1, 0.15) is 22.7 Å². The van der Waals surface area contributed by atoms with Gasteiger partial charge in [0.15, 0.2) is 4.67 Å². The molecular weight excluding hydrogens is 266 g/mol. The summed E-state index contributed by atoms with van der Waals surface area (Å²) in [4.78, 5) is 0. The largest absolute Gasteiger partial charge is 0.457 e. The molecule has 0 aliphatic carbocycles. The molecule has 84 valence electrons. The van der Waals surface area contributed by atoms with Gasteiger partial charge >= 0.3 is 0 Å². The predicted octanol–water partition coefficient (Wildman–Crippen LogP) is 3.59. The van der Waals surface area contributed by atoms with Crippen LogP contribution in [0.2, 0.25) is 0 Å². The van der Waals surface area contributed by atoms with Gasteiger partial charge in [-0.3, -0.25) is 0 Å². The van der Waals surface area contributed by atoms with Crippen LogP contribution in [0.4, 0.5) is 0 Å². The van der Waals surface area contributed by atoms with Gasteiger partial charge < -0.3 is 10.2 Å². The van der Waals surface area contributed by atoms with E-state index < -0.39 is 0 Å².